The highest BCUT2D eigenvalue weighted by atomic mass is 79.9. The predicted octanol–water partition coefficient (Wildman–Crippen LogP) is 3.29. The lowest BCUT2D eigenvalue weighted by molar-refractivity contribution is 0.881. The van der Waals surface area contributed by atoms with Crippen LogP contribution in [0.1, 0.15) is 0 Å². The summed E-state index contributed by atoms with van der Waals surface area (Å²) in [7, 11) is 0. The van der Waals surface area contributed by atoms with E-state index < -0.39 is 0 Å². The van der Waals surface area contributed by atoms with Crippen molar-refractivity contribution in [2.45, 2.75) is 0 Å². The molecule has 0 atom stereocenters. The van der Waals surface area contributed by atoms with Gasteiger partial charge in [0, 0.05) is 4.47 Å². The fourth-order valence-electron chi connectivity index (χ4n) is 1.06. The standard InChI is InChI=1S/C9H6BrClN2/c10-7-1-3-8(4-2-7)13-9(11)5-6-12-13/h1-6H. The quantitative estimate of drug-likeness (QED) is 0.766. The fraction of sp³-hybridized carbons (Fsp3) is 0. The fourth-order valence-corrected chi connectivity index (χ4v) is 1.52. The van der Waals surface area contributed by atoms with Gasteiger partial charge in [0.2, 0.25) is 0 Å². The van der Waals surface area contributed by atoms with Gasteiger partial charge >= 0.3 is 0 Å². The van der Waals surface area contributed by atoms with E-state index in [0.717, 1.165) is 10.2 Å². The van der Waals surface area contributed by atoms with Crippen molar-refractivity contribution in [2.24, 2.45) is 0 Å². The number of benzene rings is 1. The van der Waals surface area contributed by atoms with Gasteiger partial charge in [0.25, 0.3) is 0 Å². The van der Waals surface area contributed by atoms with Gasteiger partial charge in [-0.3, -0.25) is 0 Å². The van der Waals surface area contributed by atoms with E-state index in [9.17, 15) is 0 Å². The van der Waals surface area contributed by atoms with Crippen molar-refractivity contribution in [2.75, 3.05) is 0 Å². The molecule has 0 bridgehead atoms. The van der Waals surface area contributed by atoms with Crippen LogP contribution in [0.15, 0.2) is 41.0 Å². The molecule has 2 aromatic rings. The summed E-state index contributed by atoms with van der Waals surface area (Å²) in [5.41, 5.74) is 0.957. The normalized spacial score (nSPS) is 10.3. The van der Waals surface area contributed by atoms with Gasteiger partial charge in [0.15, 0.2) is 0 Å². The molecule has 66 valence electrons. The minimum absolute atomic E-state index is 0.613. The average molecular weight is 258 g/mol. The minimum Gasteiger partial charge on any atom is -0.222 e. The molecule has 0 fully saturated rings. The molecule has 2 nitrogen and oxygen atoms in total. The average Bonchev–Trinajstić information content (AvgIpc) is 2.53. The van der Waals surface area contributed by atoms with Crippen LogP contribution >= 0.6 is 27.5 Å². The first-order valence-electron chi connectivity index (χ1n) is 3.73. The molecule has 2 rings (SSSR count). The van der Waals surface area contributed by atoms with Crippen LogP contribution in [0.25, 0.3) is 5.69 Å². The van der Waals surface area contributed by atoms with E-state index in [1.807, 2.05) is 24.3 Å². The number of nitrogens with zero attached hydrogens (tertiary/aromatic N) is 2. The third-order valence-electron chi connectivity index (χ3n) is 1.67. The highest BCUT2D eigenvalue weighted by Crippen LogP contribution is 2.17. The molecular formula is C9H6BrClN2. The maximum absolute atomic E-state index is 5.90. The number of hydrogen-bond acceptors (Lipinski definition) is 1. The van der Waals surface area contributed by atoms with Crippen molar-refractivity contribution in [3.63, 3.8) is 0 Å². The van der Waals surface area contributed by atoms with E-state index in [1.54, 1.807) is 16.9 Å². The third-order valence-corrected chi connectivity index (χ3v) is 2.48. The zero-order valence-electron chi connectivity index (χ0n) is 6.61. The van der Waals surface area contributed by atoms with E-state index >= 15 is 0 Å². The first-order valence-corrected chi connectivity index (χ1v) is 4.90. The van der Waals surface area contributed by atoms with E-state index in [0.29, 0.717) is 5.15 Å². The second-order valence-electron chi connectivity index (χ2n) is 2.54. The molecule has 0 unspecified atom stereocenters. The monoisotopic (exact) mass is 256 g/mol. The van der Waals surface area contributed by atoms with Crippen molar-refractivity contribution < 1.29 is 0 Å². The highest BCUT2D eigenvalue weighted by molar-refractivity contribution is 9.10. The maximum atomic E-state index is 5.90. The van der Waals surface area contributed by atoms with Crippen molar-refractivity contribution >= 4 is 27.5 Å². The topological polar surface area (TPSA) is 17.8 Å². The summed E-state index contributed by atoms with van der Waals surface area (Å²) in [5.74, 6) is 0. The number of halogens is 2. The minimum atomic E-state index is 0.613. The Morgan fingerprint density at radius 2 is 1.85 bits per heavy atom. The smallest absolute Gasteiger partial charge is 0.132 e. The molecule has 1 aromatic heterocycles. The van der Waals surface area contributed by atoms with Crippen molar-refractivity contribution in [3.8, 4) is 5.69 Å². The second-order valence-corrected chi connectivity index (χ2v) is 3.85. The van der Waals surface area contributed by atoms with Crippen LogP contribution < -0.4 is 0 Å². The lowest BCUT2D eigenvalue weighted by atomic mass is 10.3. The molecule has 0 N–H and O–H groups in total. The lowest BCUT2D eigenvalue weighted by Gasteiger charge is -2.01. The van der Waals surface area contributed by atoms with Crippen LogP contribution in [0.2, 0.25) is 5.15 Å². The molecule has 0 amide bonds. The highest BCUT2D eigenvalue weighted by Gasteiger charge is 2.00. The molecule has 0 saturated carbocycles. The summed E-state index contributed by atoms with van der Waals surface area (Å²) in [6, 6.07) is 9.55. The van der Waals surface area contributed by atoms with Gasteiger partial charge in [-0.25, -0.2) is 4.68 Å². The molecule has 1 aromatic carbocycles. The van der Waals surface area contributed by atoms with Crippen LogP contribution in [0.4, 0.5) is 0 Å². The summed E-state index contributed by atoms with van der Waals surface area (Å²) >= 11 is 9.27. The van der Waals surface area contributed by atoms with Crippen molar-refractivity contribution in [1.29, 1.82) is 0 Å². The zero-order valence-corrected chi connectivity index (χ0v) is 8.96. The van der Waals surface area contributed by atoms with Gasteiger partial charge < -0.3 is 0 Å². The molecule has 0 aliphatic heterocycles. The predicted molar refractivity (Wildman–Crippen MR) is 56.3 cm³/mol. The second kappa shape index (κ2) is 3.52. The molecule has 0 saturated heterocycles. The molecule has 0 aliphatic rings. The summed E-state index contributed by atoms with van der Waals surface area (Å²) in [6.07, 6.45) is 1.67. The summed E-state index contributed by atoms with van der Waals surface area (Å²) in [6.45, 7) is 0. The van der Waals surface area contributed by atoms with Gasteiger partial charge in [-0.1, -0.05) is 27.5 Å². The Kier molecular flexibility index (Phi) is 2.38. The Labute approximate surface area is 89.3 Å². The van der Waals surface area contributed by atoms with Gasteiger partial charge in [0.05, 0.1) is 11.9 Å². The number of rotatable bonds is 1. The summed E-state index contributed by atoms with van der Waals surface area (Å²) < 4.78 is 2.72. The molecule has 1 heterocycles. The van der Waals surface area contributed by atoms with Gasteiger partial charge in [-0.15, -0.1) is 0 Å². The maximum Gasteiger partial charge on any atom is 0.132 e. The Morgan fingerprint density at radius 1 is 1.15 bits per heavy atom. The Morgan fingerprint density at radius 3 is 2.38 bits per heavy atom. The van der Waals surface area contributed by atoms with Crippen LogP contribution in [0.3, 0.4) is 0 Å². The first kappa shape index (κ1) is 8.78. The Balaban J connectivity index is 2.47. The van der Waals surface area contributed by atoms with Crippen LogP contribution in [-0.4, -0.2) is 9.78 Å². The Hall–Kier alpha value is -0.800. The van der Waals surface area contributed by atoms with E-state index in [-0.39, 0.29) is 0 Å². The van der Waals surface area contributed by atoms with Crippen molar-refractivity contribution in [1.82, 2.24) is 9.78 Å². The van der Waals surface area contributed by atoms with Gasteiger partial charge in [0.1, 0.15) is 5.15 Å². The third kappa shape index (κ3) is 1.76. The largest absolute Gasteiger partial charge is 0.222 e. The Bertz CT molecular complexity index is 408. The van der Waals surface area contributed by atoms with Crippen LogP contribution in [0, 0.1) is 0 Å². The van der Waals surface area contributed by atoms with Gasteiger partial charge in [-0.05, 0) is 30.3 Å². The van der Waals surface area contributed by atoms with Crippen molar-refractivity contribution in [3.05, 3.63) is 46.2 Å². The van der Waals surface area contributed by atoms with Crippen LogP contribution in [-0.2, 0) is 0 Å². The van der Waals surface area contributed by atoms with Crippen LogP contribution in [0.5, 0.6) is 0 Å². The van der Waals surface area contributed by atoms with Gasteiger partial charge in [-0.2, -0.15) is 5.10 Å². The molecular weight excluding hydrogens is 251 g/mol. The van der Waals surface area contributed by atoms with E-state index in [4.69, 9.17) is 11.6 Å². The zero-order chi connectivity index (χ0) is 9.26. The molecule has 13 heavy (non-hydrogen) atoms. The molecule has 4 heteroatoms. The first-order chi connectivity index (χ1) is 6.27. The SMILES string of the molecule is Clc1ccnn1-c1ccc(Br)cc1. The number of hydrogen-bond donors (Lipinski definition) is 0. The number of aromatic nitrogens is 2. The molecule has 0 radical (unpaired) electrons. The lowest BCUT2D eigenvalue weighted by Crippen LogP contribution is -1.94. The summed E-state index contributed by atoms with van der Waals surface area (Å²) in [4.78, 5) is 0. The molecule has 0 spiro atoms. The van der Waals surface area contributed by atoms with E-state index in [2.05, 4.69) is 21.0 Å². The molecule has 0 aliphatic carbocycles. The summed E-state index contributed by atoms with van der Waals surface area (Å²) in [5, 5.41) is 4.70. The van der Waals surface area contributed by atoms with E-state index in [1.165, 1.54) is 0 Å².